The number of phenols is 1. The smallest absolute Gasteiger partial charge is 0.334 e. The fourth-order valence-corrected chi connectivity index (χ4v) is 6.90. The number of hydrogen-bond acceptors (Lipinski definition) is 7. The Bertz CT molecular complexity index is 1890. The average molecular weight is 756 g/mol. The summed E-state index contributed by atoms with van der Waals surface area (Å²) in [6, 6.07) is 17.2. The number of phenolic OH excluding ortho intramolecular Hbond substituents is 1. The summed E-state index contributed by atoms with van der Waals surface area (Å²) in [6.07, 6.45) is -1.84. The largest absolute Gasteiger partial charge is 0.507 e. The van der Waals surface area contributed by atoms with Gasteiger partial charge in [0.1, 0.15) is 23.8 Å². The molecule has 52 heavy (non-hydrogen) atoms. The van der Waals surface area contributed by atoms with Gasteiger partial charge >= 0.3 is 15.2 Å². The third-order valence-corrected chi connectivity index (χ3v) is 9.78. The Hall–Kier alpha value is -4.09. The van der Waals surface area contributed by atoms with Crippen molar-refractivity contribution in [2.24, 2.45) is 0 Å². The number of aromatic nitrogens is 1. The molecular formula is C37H47N3O10P2. The van der Waals surface area contributed by atoms with Crippen molar-refractivity contribution in [2.45, 2.75) is 66.2 Å². The van der Waals surface area contributed by atoms with Crippen LogP contribution in [0.3, 0.4) is 0 Å². The molecule has 0 aliphatic carbocycles. The lowest BCUT2D eigenvalue weighted by atomic mass is 9.78. The molecule has 0 spiro atoms. The SMILES string of the molecule is CCN(C(=O)CP(=O)(O)O)c1ccc(-c2nc(-c3cc(C(C)(C)C)c(O)c(C(C)(C)C)c3)oc2-c2ccc(N(CC)C(=O)CP(=O)(O)O)cc2)cc1. The molecule has 0 bridgehead atoms. The van der Waals surface area contributed by atoms with E-state index in [4.69, 9.17) is 9.40 Å². The Morgan fingerprint density at radius 1 is 0.673 bits per heavy atom. The van der Waals surface area contributed by atoms with Crippen LogP contribution >= 0.6 is 15.2 Å². The van der Waals surface area contributed by atoms with Crippen LogP contribution in [0.2, 0.25) is 0 Å². The van der Waals surface area contributed by atoms with E-state index in [9.17, 15) is 43.4 Å². The summed E-state index contributed by atoms with van der Waals surface area (Å²) in [5.74, 6) is -0.599. The first kappa shape index (κ1) is 40.7. The Morgan fingerprint density at radius 2 is 1.06 bits per heavy atom. The van der Waals surface area contributed by atoms with Gasteiger partial charge in [-0.2, -0.15) is 0 Å². The van der Waals surface area contributed by atoms with Crippen LogP contribution in [-0.2, 0) is 29.5 Å². The number of aromatic hydroxyl groups is 1. The Morgan fingerprint density at radius 3 is 1.40 bits per heavy atom. The van der Waals surface area contributed by atoms with Gasteiger partial charge in [0.2, 0.25) is 17.7 Å². The number of hydrogen-bond donors (Lipinski definition) is 5. The summed E-state index contributed by atoms with van der Waals surface area (Å²) >= 11 is 0. The van der Waals surface area contributed by atoms with Gasteiger partial charge in [-0.1, -0.05) is 53.7 Å². The lowest BCUT2D eigenvalue weighted by molar-refractivity contribution is -0.117. The van der Waals surface area contributed by atoms with Gasteiger partial charge in [-0.25, -0.2) is 4.98 Å². The van der Waals surface area contributed by atoms with Crippen LogP contribution < -0.4 is 9.80 Å². The zero-order chi connectivity index (χ0) is 39.0. The Balaban J connectivity index is 1.89. The number of carbonyl (C=O) groups excluding carboxylic acids is 2. The normalized spacial score (nSPS) is 12.5. The van der Waals surface area contributed by atoms with E-state index in [-0.39, 0.29) is 24.7 Å². The number of nitrogens with zero attached hydrogens (tertiary/aromatic N) is 3. The van der Waals surface area contributed by atoms with E-state index in [1.807, 2.05) is 53.7 Å². The highest BCUT2D eigenvalue weighted by molar-refractivity contribution is 7.53. The molecule has 280 valence electrons. The highest BCUT2D eigenvalue weighted by Gasteiger charge is 2.30. The van der Waals surface area contributed by atoms with Gasteiger partial charge in [0.15, 0.2) is 5.76 Å². The van der Waals surface area contributed by atoms with Crippen molar-refractivity contribution in [2.75, 3.05) is 35.2 Å². The maximum absolute atomic E-state index is 12.7. The van der Waals surface area contributed by atoms with Crippen LogP contribution in [0, 0.1) is 0 Å². The molecule has 1 heterocycles. The van der Waals surface area contributed by atoms with Crippen molar-refractivity contribution in [1.29, 1.82) is 0 Å². The maximum atomic E-state index is 12.7. The maximum Gasteiger partial charge on any atom is 0.334 e. The predicted molar refractivity (Wildman–Crippen MR) is 202 cm³/mol. The van der Waals surface area contributed by atoms with Crippen molar-refractivity contribution in [3.8, 4) is 39.8 Å². The quantitative estimate of drug-likeness (QED) is 0.0983. The van der Waals surface area contributed by atoms with Crippen LogP contribution in [-0.4, -0.2) is 66.9 Å². The van der Waals surface area contributed by atoms with E-state index in [1.165, 1.54) is 9.80 Å². The molecule has 13 nitrogen and oxygen atoms in total. The number of anilines is 2. The number of benzene rings is 3. The zero-order valence-corrected chi connectivity index (χ0v) is 32.4. The summed E-state index contributed by atoms with van der Waals surface area (Å²) < 4.78 is 29.6. The van der Waals surface area contributed by atoms with Crippen molar-refractivity contribution in [3.63, 3.8) is 0 Å². The fraction of sp³-hybridized carbons (Fsp3) is 0.378. The van der Waals surface area contributed by atoms with Crippen molar-refractivity contribution < 1.29 is 47.8 Å². The van der Waals surface area contributed by atoms with Gasteiger partial charge in [-0.3, -0.25) is 18.7 Å². The minimum atomic E-state index is -4.58. The molecule has 0 saturated heterocycles. The molecule has 5 N–H and O–H groups in total. The van der Waals surface area contributed by atoms with Crippen LogP contribution in [0.4, 0.5) is 11.4 Å². The van der Waals surface area contributed by atoms with E-state index in [2.05, 4.69) is 0 Å². The molecule has 0 unspecified atom stereocenters. The second-order valence-electron chi connectivity index (χ2n) is 14.6. The molecule has 15 heteroatoms. The van der Waals surface area contributed by atoms with Crippen molar-refractivity contribution in [1.82, 2.24) is 4.98 Å². The molecular weight excluding hydrogens is 708 g/mol. The Kier molecular flexibility index (Phi) is 11.8. The van der Waals surface area contributed by atoms with Crippen LogP contribution in [0.25, 0.3) is 34.0 Å². The van der Waals surface area contributed by atoms with Gasteiger partial charge in [0.05, 0.1) is 0 Å². The van der Waals surface area contributed by atoms with E-state index in [0.29, 0.717) is 50.6 Å². The van der Waals surface area contributed by atoms with Gasteiger partial charge < -0.3 is 38.9 Å². The molecule has 0 fully saturated rings. The highest BCUT2D eigenvalue weighted by atomic mass is 31.2. The number of carbonyl (C=O) groups is 2. The molecule has 0 saturated carbocycles. The third-order valence-electron chi connectivity index (χ3n) is 8.41. The van der Waals surface area contributed by atoms with Crippen LogP contribution in [0.1, 0.15) is 66.5 Å². The lowest BCUT2D eigenvalue weighted by Crippen LogP contribution is -2.32. The Labute approximate surface area is 303 Å². The van der Waals surface area contributed by atoms with Crippen molar-refractivity contribution in [3.05, 3.63) is 71.8 Å². The molecule has 4 aromatic rings. The monoisotopic (exact) mass is 755 g/mol. The zero-order valence-electron chi connectivity index (χ0n) is 30.6. The van der Waals surface area contributed by atoms with Gasteiger partial charge in [0.25, 0.3) is 0 Å². The first-order valence-electron chi connectivity index (χ1n) is 16.7. The minimum Gasteiger partial charge on any atom is -0.507 e. The summed E-state index contributed by atoms with van der Waals surface area (Å²) in [4.78, 5) is 70.3. The molecule has 3 aromatic carbocycles. The number of rotatable bonds is 11. The van der Waals surface area contributed by atoms with Gasteiger partial charge in [-0.05, 0) is 73.2 Å². The molecule has 0 radical (unpaired) electrons. The summed E-state index contributed by atoms with van der Waals surface area (Å²) in [7, 11) is -9.16. The second-order valence-corrected chi connectivity index (χ2v) is 17.9. The van der Waals surface area contributed by atoms with E-state index >= 15 is 0 Å². The van der Waals surface area contributed by atoms with E-state index in [1.54, 1.807) is 62.4 Å². The molecule has 4 rings (SSSR count). The van der Waals surface area contributed by atoms with Crippen LogP contribution in [0.15, 0.2) is 65.1 Å². The third kappa shape index (κ3) is 9.66. The number of amides is 2. The lowest BCUT2D eigenvalue weighted by Gasteiger charge is -2.27. The first-order chi connectivity index (χ1) is 23.9. The second kappa shape index (κ2) is 15.1. The van der Waals surface area contributed by atoms with Crippen molar-refractivity contribution >= 4 is 38.4 Å². The highest BCUT2D eigenvalue weighted by Crippen LogP contribution is 2.44. The van der Waals surface area contributed by atoms with Gasteiger partial charge in [0, 0.05) is 52.3 Å². The molecule has 0 aliphatic heterocycles. The van der Waals surface area contributed by atoms with Crippen LogP contribution in [0.5, 0.6) is 5.75 Å². The molecule has 1 aromatic heterocycles. The topological polar surface area (TPSA) is 202 Å². The standard InChI is InChI=1S/C37H47N3O10P2/c1-9-39(30(41)21-51(44,45)46)26-15-11-23(12-16-26)32-34(24-13-17-27(18-14-24)40(10-2)31(42)22-52(47,48)49)50-35(38-32)25-19-28(36(3,4)5)33(43)29(20-25)37(6,7)8/h11-20,43H,9-10,21-22H2,1-8H3,(H2,44,45,46)(H2,47,48,49). The van der Waals surface area contributed by atoms with E-state index < -0.39 is 50.2 Å². The van der Waals surface area contributed by atoms with E-state index in [0.717, 1.165) is 0 Å². The fourth-order valence-electron chi connectivity index (χ4n) is 5.86. The summed E-state index contributed by atoms with van der Waals surface area (Å²) in [5.41, 5.74) is 3.70. The van der Waals surface area contributed by atoms with Gasteiger partial charge in [-0.15, -0.1) is 0 Å². The number of oxazole rings is 1. The minimum absolute atomic E-state index is 0.181. The molecule has 0 aliphatic rings. The summed E-state index contributed by atoms with van der Waals surface area (Å²) in [5, 5.41) is 11.3. The predicted octanol–water partition coefficient (Wildman–Crippen LogP) is 7.04. The summed E-state index contributed by atoms with van der Waals surface area (Å²) in [6.45, 7) is 15.8. The average Bonchev–Trinajstić information content (AvgIpc) is 3.45. The molecule has 0 atom stereocenters. The molecule has 2 amide bonds. The first-order valence-corrected chi connectivity index (χ1v) is 20.3.